The van der Waals surface area contributed by atoms with Gasteiger partial charge in [-0.15, -0.1) is 0 Å². The van der Waals surface area contributed by atoms with E-state index in [1.54, 1.807) is 31.4 Å². The maximum atomic E-state index is 12.4. The van der Waals surface area contributed by atoms with E-state index in [1.165, 1.54) is 26.5 Å². The van der Waals surface area contributed by atoms with Crippen molar-refractivity contribution >= 4 is 17.5 Å². The number of amides is 2. The summed E-state index contributed by atoms with van der Waals surface area (Å²) < 4.78 is 15.3. The van der Waals surface area contributed by atoms with Crippen molar-refractivity contribution < 1.29 is 23.8 Å². The van der Waals surface area contributed by atoms with Gasteiger partial charge in [-0.2, -0.15) is 0 Å². The van der Waals surface area contributed by atoms with Crippen LogP contribution in [0.4, 0.5) is 5.69 Å². The second kappa shape index (κ2) is 10.1. The molecule has 0 unspecified atom stereocenters. The first-order valence-corrected chi connectivity index (χ1v) is 8.35. The monoisotopic (exact) mass is 373 g/mol. The largest absolute Gasteiger partial charge is 0.493 e. The summed E-state index contributed by atoms with van der Waals surface area (Å²) in [5.41, 5.74) is 1.02. The molecule has 144 valence electrons. The second-order valence-corrected chi connectivity index (χ2v) is 5.56. The number of hydrogen-bond acceptors (Lipinski definition) is 6. The van der Waals surface area contributed by atoms with Crippen LogP contribution in [0.25, 0.3) is 0 Å². The average Bonchev–Trinajstić information content (AvgIpc) is 2.71. The maximum absolute atomic E-state index is 12.4. The summed E-state index contributed by atoms with van der Waals surface area (Å²) in [6.45, 7) is 1.05. The Hall–Kier alpha value is -3.13. The Morgan fingerprint density at radius 2 is 1.78 bits per heavy atom. The van der Waals surface area contributed by atoms with Crippen molar-refractivity contribution in [2.75, 3.05) is 39.8 Å². The molecule has 1 heterocycles. The van der Waals surface area contributed by atoms with Crippen molar-refractivity contribution in [3.05, 3.63) is 47.8 Å². The van der Waals surface area contributed by atoms with E-state index in [9.17, 15) is 9.59 Å². The number of nitrogens with one attached hydrogen (secondary N) is 2. The van der Waals surface area contributed by atoms with Crippen LogP contribution in [0.2, 0.25) is 0 Å². The van der Waals surface area contributed by atoms with E-state index in [1.807, 2.05) is 0 Å². The summed E-state index contributed by atoms with van der Waals surface area (Å²) in [4.78, 5) is 28.6. The van der Waals surface area contributed by atoms with Gasteiger partial charge in [0.15, 0.2) is 11.5 Å². The summed E-state index contributed by atoms with van der Waals surface area (Å²) in [6, 6.07) is 8.01. The van der Waals surface area contributed by atoms with Crippen LogP contribution < -0.4 is 20.1 Å². The Bertz CT molecular complexity index is 795. The number of benzene rings is 1. The summed E-state index contributed by atoms with van der Waals surface area (Å²) >= 11 is 0. The second-order valence-electron chi connectivity index (χ2n) is 5.56. The molecule has 2 amide bonds. The van der Waals surface area contributed by atoms with Gasteiger partial charge in [-0.25, -0.2) is 0 Å². The molecule has 0 saturated heterocycles. The maximum Gasteiger partial charge on any atom is 0.274 e. The Labute approximate surface area is 157 Å². The van der Waals surface area contributed by atoms with Crippen molar-refractivity contribution in [1.29, 1.82) is 0 Å². The standard InChI is InChI=1S/C19H23N3O5/c1-25-10-4-8-21-18(23)13-7-9-20-15(11-13)19(24)22-14-5-6-16(26-2)17(12-14)27-3/h5-7,9,11-12H,4,8,10H2,1-3H3,(H,21,23)(H,22,24). The number of aromatic nitrogens is 1. The van der Waals surface area contributed by atoms with Gasteiger partial charge in [0.2, 0.25) is 0 Å². The van der Waals surface area contributed by atoms with E-state index in [2.05, 4.69) is 15.6 Å². The highest BCUT2D eigenvalue weighted by Crippen LogP contribution is 2.29. The highest BCUT2D eigenvalue weighted by atomic mass is 16.5. The molecule has 2 N–H and O–H groups in total. The summed E-state index contributed by atoms with van der Waals surface area (Å²) in [6.07, 6.45) is 2.13. The lowest BCUT2D eigenvalue weighted by molar-refractivity contribution is 0.0948. The minimum absolute atomic E-state index is 0.134. The molecule has 0 atom stereocenters. The first-order chi connectivity index (χ1) is 13.1. The highest BCUT2D eigenvalue weighted by Gasteiger charge is 2.13. The molecule has 0 aliphatic heterocycles. The zero-order chi connectivity index (χ0) is 19.6. The number of carbonyl (C=O) groups is 2. The lowest BCUT2D eigenvalue weighted by Crippen LogP contribution is -2.25. The van der Waals surface area contributed by atoms with Gasteiger partial charge in [-0.05, 0) is 30.7 Å². The fourth-order valence-electron chi connectivity index (χ4n) is 2.33. The minimum atomic E-state index is -0.434. The van der Waals surface area contributed by atoms with Crippen molar-refractivity contribution in [2.24, 2.45) is 0 Å². The molecule has 0 fully saturated rings. The van der Waals surface area contributed by atoms with Crippen LogP contribution in [-0.2, 0) is 4.74 Å². The Morgan fingerprint density at radius 1 is 1.00 bits per heavy atom. The van der Waals surface area contributed by atoms with Gasteiger partial charge < -0.3 is 24.8 Å². The molecule has 0 bridgehead atoms. The van der Waals surface area contributed by atoms with Gasteiger partial charge in [0.1, 0.15) is 5.69 Å². The molecule has 0 aliphatic carbocycles. The van der Waals surface area contributed by atoms with E-state index in [-0.39, 0.29) is 11.6 Å². The Morgan fingerprint density at radius 3 is 2.48 bits per heavy atom. The summed E-state index contributed by atoms with van der Waals surface area (Å²) in [7, 11) is 4.65. The topological polar surface area (TPSA) is 98.8 Å². The molecule has 1 aromatic heterocycles. The molecule has 8 heteroatoms. The van der Waals surface area contributed by atoms with Crippen molar-refractivity contribution in [1.82, 2.24) is 10.3 Å². The lowest BCUT2D eigenvalue weighted by atomic mass is 10.2. The molecule has 0 spiro atoms. The number of nitrogens with zero attached hydrogens (tertiary/aromatic N) is 1. The van der Waals surface area contributed by atoms with Crippen molar-refractivity contribution in [3.63, 3.8) is 0 Å². The minimum Gasteiger partial charge on any atom is -0.493 e. The van der Waals surface area contributed by atoms with Gasteiger partial charge >= 0.3 is 0 Å². The average molecular weight is 373 g/mol. The van der Waals surface area contributed by atoms with Crippen LogP contribution in [-0.4, -0.2) is 51.3 Å². The first kappa shape index (κ1) is 20.2. The van der Waals surface area contributed by atoms with Crippen LogP contribution in [0.3, 0.4) is 0 Å². The fourth-order valence-corrected chi connectivity index (χ4v) is 2.33. The molecular formula is C19H23N3O5. The third-order valence-corrected chi connectivity index (χ3v) is 3.71. The van der Waals surface area contributed by atoms with Gasteiger partial charge in [0.25, 0.3) is 11.8 Å². The van der Waals surface area contributed by atoms with Crippen LogP contribution >= 0.6 is 0 Å². The molecule has 27 heavy (non-hydrogen) atoms. The van der Waals surface area contributed by atoms with Gasteiger partial charge in [-0.1, -0.05) is 0 Å². The molecule has 1 aromatic carbocycles. The number of methoxy groups -OCH3 is 3. The van der Waals surface area contributed by atoms with Crippen LogP contribution in [0.5, 0.6) is 11.5 Å². The van der Waals surface area contributed by atoms with Crippen LogP contribution in [0.15, 0.2) is 36.5 Å². The van der Waals surface area contributed by atoms with E-state index >= 15 is 0 Å². The number of anilines is 1. The quantitative estimate of drug-likeness (QED) is 0.653. The molecule has 2 aromatic rings. The van der Waals surface area contributed by atoms with Gasteiger partial charge in [-0.3, -0.25) is 14.6 Å². The smallest absolute Gasteiger partial charge is 0.274 e. The van der Waals surface area contributed by atoms with E-state index in [0.717, 1.165) is 0 Å². The fraction of sp³-hybridized carbons (Fsp3) is 0.316. The Kier molecular flexibility index (Phi) is 7.57. The van der Waals surface area contributed by atoms with E-state index < -0.39 is 5.91 Å². The molecule has 8 nitrogen and oxygen atoms in total. The SMILES string of the molecule is COCCCNC(=O)c1ccnc(C(=O)Nc2ccc(OC)c(OC)c2)c1. The number of hydrogen-bond donors (Lipinski definition) is 2. The number of ether oxygens (including phenoxy) is 3. The predicted molar refractivity (Wildman–Crippen MR) is 101 cm³/mol. The highest BCUT2D eigenvalue weighted by molar-refractivity contribution is 6.04. The summed E-state index contributed by atoms with van der Waals surface area (Å²) in [5, 5.41) is 5.49. The van der Waals surface area contributed by atoms with Crippen molar-refractivity contribution in [2.45, 2.75) is 6.42 Å². The third-order valence-electron chi connectivity index (χ3n) is 3.71. The molecule has 0 radical (unpaired) electrons. The number of pyridine rings is 1. The van der Waals surface area contributed by atoms with Gasteiger partial charge in [0, 0.05) is 43.8 Å². The van der Waals surface area contributed by atoms with Crippen LogP contribution in [0, 0.1) is 0 Å². The molecular weight excluding hydrogens is 350 g/mol. The summed E-state index contributed by atoms with van der Waals surface area (Å²) in [5.74, 6) is 0.345. The third kappa shape index (κ3) is 5.68. The van der Waals surface area contributed by atoms with Crippen LogP contribution in [0.1, 0.15) is 27.3 Å². The first-order valence-electron chi connectivity index (χ1n) is 8.35. The zero-order valence-electron chi connectivity index (χ0n) is 15.6. The predicted octanol–water partition coefficient (Wildman–Crippen LogP) is 2.12. The van der Waals surface area contributed by atoms with Gasteiger partial charge in [0.05, 0.1) is 14.2 Å². The number of carbonyl (C=O) groups excluding carboxylic acids is 2. The lowest BCUT2D eigenvalue weighted by Gasteiger charge is -2.11. The van der Waals surface area contributed by atoms with Crippen molar-refractivity contribution in [3.8, 4) is 11.5 Å². The Balaban J connectivity index is 2.05. The molecule has 2 rings (SSSR count). The zero-order valence-corrected chi connectivity index (χ0v) is 15.6. The number of rotatable bonds is 9. The normalized spacial score (nSPS) is 10.2. The molecule has 0 aliphatic rings. The van der Waals surface area contributed by atoms with E-state index in [0.29, 0.717) is 42.3 Å². The van der Waals surface area contributed by atoms with E-state index in [4.69, 9.17) is 14.2 Å². The molecule has 0 saturated carbocycles.